The molecule has 2 aliphatic carbocycles. The number of nitrogens with zero attached hydrogens (tertiary/aromatic N) is 2. The predicted molar refractivity (Wildman–Crippen MR) is 228 cm³/mol. The zero-order valence-corrected chi connectivity index (χ0v) is 30.9. The Morgan fingerprint density at radius 1 is 0.571 bits per heavy atom. The van der Waals surface area contributed by atoms with E-state index in [1.807, 2.05) is 12.1 Å². The number of aromatic nitrogens is 2. The summed E-state index contributed by atoms with van der Waals surface area (Å²) in [6.07, 6.45) is 6.64. The molecule has 1 atom stereocenters. The third kappa shape index (κ3) is 3.97. The van der Waals surface area contributed by atoms with Crippen molar-refractivity contribution in [2.75, 3.05) is 0 Å². The molecule has 13 rings (SSSR count). The Morgan fingerprint density at radius 2 is 1.36 bits per heavy atom. The number of hydrogen-bond acceptors (Lipinski definition) is 5. The molecule has 10 aromatic rings. The molecule has 3 aromatic heterocycles. The maximum Gasteiger partial charge on any atom is 0.160 e. The summed E-state index contributed by atoms with van der Waals surface area (Å²) in [5, 5.41) is 5.79. The highest BCUT2D eigenvalue weighted by atomic mass is 32.1. The first-order chi connectivity index (χ1) is 27.7. The van der Waals surface area contributed by atoms with Crippen molar-refractivity contribution in [3.63, 3.8) is 0 Å². The number of rotatable bonds is 2. The van der Waals surface area contributed by atoms with Crippen LogP contribution in [-0.2, 0) is 5.41 Å². The molecule has 1 aliphatic heterocycles. The molecule has 4 nitrogen and oxygen atoms in total. The van der Waals surface area contributed by atoms with Crippen LogP contribution in [0.3, 0.4) is 0 Å². The highest BCUT2D eigenvalue weighted by Gasteiger charge is 2.53. The average Bonchev–Trinajstić information content (AvgIpc) is 3.92. The van der Waals surface area contributed by atoms with Gasteiger partial charge in [-0.3, -0.25) is 0 Å². The quantitative estimate of drug-likeness (QED) is 0.177. The molecule has 5 heteroatoms. The minimum absolute atomic E-state index is 0.561. The smallest absolute Gasteiger partial charge is 0.160 e. The molecule has 262 valence electrons. The third-order valence-electron chi connectivity index (χ3n) is 12.2. The number of fused-ring (bicyclic) bond motifs is 17. The topological polar surface area (TPSA) is 48.2 Å². The largest absolute Gasteiger partial charge is 0.457 e. The van der Waals surface area contributed by atoms with Gasteiger partial charge in [0.2, 0.25) is 0 Å². The summed E-state index contributed by atoms with van der Waals surface area (Å²) in [7, 11) is 0. The van der Waals surface area contributed by atoms with E-state index >= 15 is 0 Å². The van der Waals surface area contributed by atoms with Crippen molar-refractivity contribution in [3.05, 3.63) is 186 Å². The van der Waals surface area contributed by atoms with Gasteiger partial charge >= 0.3 is 0 Å². The van der Waals surface area contributed by atoms with Crippen molar-refractivity contribution in [1.29, 1.82) is 0 Å². The van der Waals surface area contributed by atoms with Crippen LogP contribution in [0.15, 0.2) is 173 Å². The molecule has 0 radical (unpaired) electrons. The number of allylic oxidation sites excluding steroid dienone is 3. The fourth-order valence-electron chi connectivity index (χ4n) is 9.82. The molecule has 4 heterocycles. The Kier molecular flexibility index (Phi) is 6.06. The van der Waals surface area contributed by atoms with Crippen LogP contribution in [0.25, 0.3) is 86.8 Å². The number of para-hydroxylation sites is 2. The maximum atomic E-state index is 6.73. The van der Waals surface area contributed by atoms with Gasteiger partial charge in [-0.15, -0.1) is 11.3 Å². The number of benzene rings is 7. The highest BCUT2D eigenvalue weighted by Crippen LogP contribution is 2.63. The van der Waals surface area contributed by atoms with Gasteiger partial charge in [-0.05, 0) is 94.4 Å². The van der Waals surface area contributed by atoms with E-state index in [2.05, 4.69) is 146 Å². The van der Waals surface area contributed by atoms with E-state index in [4.69, 9.17) is 19.1 Å². The Bertz CT molecular complexity index is 3420. The Labute approximate surface area is 325 Å². The molecule has 56 heavy (non-hydrogen) atoms. The van der Waals surface area contributed by atoms with Crippen LogP contribution in [0.5, 0.6) is 5.75 Å². The van der Waals surface area contributed by atoms with Gasteiger partial charge in [0.1, 0.15) is 22.7 Å². The molecule has 0 saturated heterocycles. The Morgan fingerprint density at radius 3 is 2.32 bits per heavy atom. The zero-order chi connectivity index (χ0) is 36.5. The lowest BCUT2D eigenvalue weighted by Crippen LogP contribution is -2.36. The predicted octanol–water partition coefficient (Wildman–Crippen LogP) is 13.5. The lowest BCUT2D eigenvalue weighted by molar-refractivity contribution is 0.383. The molecular weight excluding hydrogens is 705 g/mol. The number of ether oxygens (including phenoxy) is 1. The molecular formula is C51H30N2O2S. The molecule has 0 bridgehead atoms. The van der Waals surface area contributed by atoms with Crippen LogP contribution in [0.4, 0.5) is 0 Å². The van der Waals surface area contributed by atoms with E-state index in [0.717, 1.165) is 78.7 Å². The summed E-state index contributed by atoms with van der Waals surface area (Å²) in [5.41, 5.74) is 12.6. The molecule has 0 amide bonds. The zero-order valence-electron chi connectivity index (χ0n) is 30.0. The lowest BCUT2D eigenvalue weighted by atomic mass is 9.64. The third-order valence-corrected chi connectivity index (χ3v) is 13.3. The van der Waals surface area contributed by atoms with Gasteiger partial charge in [-0.2, -0.15) is 0 Å². The van der Waals surface area contributed by atoms with E-state index in [9.17, 15) is 0 Å². The van der Waals surface area contributed by atoms with Gasteiger partial charge in [0.05, 0.1) is 21.3 Å². The lowest BCUT2D eigenvalue weighted by Gasteiger charge is -2.42. The van der Waals surface area contributed by atoms with E-state index in [-0.39, 0.29) is 0 Å². The maximum absolute atomic E-state index is 6.73. The van der Waals surface area contributed by atoms with Crippen molar-refractivity contribution >= 4 is 64.4 Å². The van der Waals surface area contributed by atoms with Crippen LogP contribution in [0, 0.1) is 0 Å². The summed E-state index contributed by atoms with van der Waals surface area (Å²) in [5.74, 6) is 2.57. The minimum Gasteiger partial charge on any atom is -0.457 e. The fraction of sp³-hybridized carbons (Fsp3) is 0.0588. The van der Waals surface area contributed by atoms with Crippen LogP contribution >= 0.6 is 11.3 Å². The second kappa shape index (κ2) is 11.1. The van der Waals surface area contributed by atoms with Gasteiger partial charge in [0.15, 0.2) is 5.82 Å². The normalized spacial score (nSPS) is 16.9. The summed E-state index contributed by atoms with van der Waals surface area (Å²) in [6, 6.07) is 52.3. The van der Waals surface area contributed by atoms with Crippen molar-refractivity contribution in [3.8, 4) is 39.5 Å². The molecule has 0 N–H and O–H groups in total. The molecule has 0 saturated carbocycles. The minimum atomic E-state index is -0.561. The summed E-state index contributed by atoms with van der Waals surface area (Å²) in [6.45, 7) is 0. The van der Waals surface area contributed by atoms with E-state index in [1.165, 1.54) is 48.9 Å². The number of hydrogen-bond donors (Lipinski definition) is 0. The number of thiophene rings is 1. The molecule has 3 aliphatic rings. The molecule has 1 unspecified atom stereocenters. The van der Waals surface area contributed by atoms with Gasteiger partial charge in [0.25, 0.3) is 0 Å². The van der Waals surface area contributed by atoms with Crippen molar-refractivity contribution in [2.24, 2.45) is 0 Å². The highest BCUT2D eigenvalue weighted by molar-refractivity contribution is 7.26. The SMILES string of the molecule is C1=C2Oc3ccccc3C3(C2=CCC1)c1cc(-c2nc(-c4ccc5oc6ccccc6c5c4)nc4c2sc2ccccc24)ccc1-c1c3ccc2ccccc12. The van der Waals surface area contributed by atoms with Crippen molar-refractivity contribution in [1.82, 2.24) is 9.97 Å². The number of furan rings is 1. The Balaban J connectivity index is 1.12. The summed E-state index contributed by atoms with van der Waals surface area (Å²) >= 11 is 1.77. The van der Waals surface area contributed by atoms with Gasteiger partial charge in [0, 0.05) is 43.1 Å². The van der Waals surface area contributed by atoms with E-state index in [0.29, 0.717) is 5.82 Å². The van der Waals surface area contributed by atoms with Crippen molar-refractivity contribution in [2.45, 2.75) is 18.3 Å². The monoisotopic (exact) mass is 734 g/mol. The summed E-state index contributed by atoms with van der Waals surface area (Å²) < 4.78 is 15.2. The van der Waals surface area contributed by atoms with E-state index < -0.39 is 5.41 Å². The standard InChI is InChI=1S/C51H30N2O2S/c1-2-12-32-29(11-1)22-25-39-46(32)34-24-21-30(28-40(34)51(39)37-15-5-8-18-43(37)55-44-19-9-6-16-38(44)51)47-49-48(35-14-4-10-20-45(35)56-49)53-50(52-47)31-23-26-42-36(27-31)33-13-3-7-17-41(33)54-42/h1-5,7-8,10-28H,6,9H2. The second-order valence-electron chi connectivity index (χ2n) is 15.1. The average molecular weight is 735 g/mol. The van der Waals surface area contributed by atoms with Gasteiger partial charge in [-0.1, -0.05) is 109 Å². The van der Waals surface area contributed by atoms with Gasteiger partial charge in [-0.25, -0.2) is 9.97 Å². The van der Waals surface area contributed by atoms with Crippen LogP contribution in [0.2, 0.25) is 0 Å². The molecule has 7 aromatic carbocycles. The Hall–Kier alpha value is -6.82. The summed E-state index contributed by atoms with van der Waals surface area (Å²) in [4.78, 5) is 10.8. The molecule has 0 fully saturated rings. The van der Waals surface area contributed by atoms with Crippen LogP contribution in [0.1, 0.15) is 29.5 Å². The molecule has 1 spiro atoms. The fourth-order valence-corrected chi connectivity index (χ4v) is 11.0. The first-order valence-corrected chi connectivity index (χ1v) is 20.0. The van der Waals surface area contributed by atoms with Crippen LogP contribution < -0.4 is 4.74 Å². The van der Waals surface area contributed by atoms with E-state index in [1.54, 1.807) is 11.3 Å². The second-order valence-corrected chi connectivity index (χ2v) is 16.1. The van der Waals surface area contributed by atoms with Crippen LogP contribution in [-0.4, -0.2) is 9.97 Å². The first-order valence-electron chi connectivity index (χ1n) is 19.2. The van der Waals surface area contributed by atoms with Crippen molar-refractivity contribution < 1.29 is 9.15 Å². The van der Waals surface area contributed by atoms with Gasteiger partial charge < -0.3 is 9.15 Å². The first kappa shape index (κ1) is 30.5.